The second-order valence-corrected chi connectivity index (χ2v) is 12.1. The smallest absolute Gasteiger partial charge is 0.337 e. The van der Waals surface area contributed by atoms with Crippen LogP contribution in [0.25, 0.3) is 22.5 Å². The summed E-state index contributed by atoms with van der Waals surface area (Å²) >= 11 is 0. The van der Waals surface area contributed by atoms with Gasteiger partial charge >= 0.3 is 5.97 Å². The Bertz CT molecular complexity index is 1980. The summed E-state index contributed by atoms with van der Waals surface area (Å²) in [6, 6.07) is 47.5. The van der Waals surface area contributed by atoms with Gasteiger partial charge in [-0.3, -0.25) is 0 Å². The van der Waals surface area contributed by atoms with Gasteiger partial charge in [0, 0.05) is 24.2 Å². The van der Waals surface area contributed by atoms with Gasteiger partial charge in [-0.25, -0.2) is 10.2 Å². The van der Waals surface area contributed by atoms with E-state index in [9.17, 15) is 4.79 Å². The molecule has 0 fully saturated rings. The van der Waals surface area contributed by atoms with E-state index < -0.39 is 5.54 Å². The average Bonchev–Trinajstić information content (AvgIpc) is 3.78. The van der Waals surface area contributed by atoms with Crippen LogP contribution in [-0.4, -0.2) is 50.9 Å². The highest BCUT2D eigenvalue weighted by Crippen LogP contribution is 2.40. The van der Waals surface area contributed by atoms with Gasteiger partial charge in [-0.05, 0) is 52.4 Å². The van der Waals surface area contributed by atoms with E-state index in [0.717, 1.165) is 51.2 Å². The van der Waals surface area contributed by atoms with Crippen molar-refractivity contribution in [1.29, 1.82) is 0 Å². The summed E-state index contributed by atoms with van der Waals surface area (Å²) in [6.07, 6.45) is 0.605. The lowest BCUT2D eigenvalue weighted by molar-refractivity contribution is -0.136. The summed E-state index contributed by atoms with van der Waals surface area (Å²) in [5.74, 6) is 0.234. The Morgan fingerprint density at radius 2 is 1.29 bits per heavy atom. The normalized spacial score (nSPS) is 14.7. The standard InChI is InChI=1S/C41H38N6O2/c1-4-46-37(38(29(2)43-46)40(48)49-3)28-30-24-26-31(27-25-30)35-22-14-15-23-36(35)39-42-45-47(44-39)41(32-16-8-5-9-17-32,33-18-10-6-11-19-33)34-20-12-7-13-21-34/h5-27,29,43H,4,28H2,1-3H3. The van der Waals surface area contributed by atoms with E-state index >= 15 is 0 Å². The lowest BCUT2D eigenvalue weighted by Gasteiger charge is -2.34. The van der Waals surface area contributed by atoms with Crippen LogP contribution in [0.3, 0.4) is 0 Å². The maximum Gasteiger partial charge on any atom is 0.337 e. The minimum absolute atomic E-state index is 0.112. The summed E-state index contributed by atoms with van der Waals surface area (Å²) in [7, 11) is 1.43. The third-order valence-corrected chi connectivity index (χ3v) is 9.23. The van der Waals surface area contributed by atoms with Gasteiger partial charge in [-0.1, -0.05) is 140 Å². The number of benzene rings is 5. The zero-order chi connectivity index (χ0) is 33.8. The first kappa shape index (κ1) is 31.7. The van der Waals surface area contributed by atoms with Crippen LogP contribution >= 0.6 is 0 Å². The fraction of sp³-hybridized carbons (Fsp3) is 0.171. The first-order valence-electron chi connectivity index (χ1n) is 16.6. The summed E-state index contributed by atoms with van der Waals surface area (Å²) < 4.78 is 5.11. The van der Waals surface area contributed by atoms with Crippen LogP contribution in [0, 0.1) is 0 Å². The van der Waals surface area contributed by atoms with Crippen molar-refractivity contribution in [3.05, 3.63) is 173 Å². The van der Waals surface area contributed by atoms with Crippen molar-refractivity contribution in [3.63, 3.8) is 0 Å². The molecule has 244 valence electrons. The molecule has 0 aliphatic carbocycles. The SMILES string of the molecule is CCN1NC(C)C(C(=O)OC)=C1Cc1ccc(-c2ccccc2-c2nnn(C(c3ccccc3)(c3ccccc3)c3ccccc3)n2)cc1. The number of likely N-dealkylation sites (N-methyl/N-ethyl adjacent to an activating group) is 1. The molecular formula is C41H38N6O2. The molecule has 0 bridgehead atoms. The second kappa shape index (κ2) is 13.7. The number of carbonyl (C=O) groups is 1. The number of nitrogens with zero attached hydrogens (tertiary/aromatic N) is 5. The zero-order valence-electron chi connectivity index (χ0n) is 27.8. The molecule has 1 aliphatic rings. The lowest BCUT2D eigenvalue weighted by atomic mass is 9.77. The fourth-order valence-electron chi connectivity index (χ4n) is 6.92. The van der Waals surface area contributed by atoms with E-state index in [4.69, 9.17) is 20.1 Å². The van der Waals surface area contributed by atoms with Gasteiger partial charge in [0.1, 0.15) is 0 Å². The molecule has 1 aliphatic heterocycles. The van der Waals surface area contributed by atoms with Crippen molar-refractivity contribution in [1.82, 2.24) is 30.6 Å². The number of hydrazine groups is 1. The molecule has 0 saturated heterocycles. The van der Waals surface area contributed by atoms with Crippen LogP contribution in [0.2, 0.25) is 0 Å². The van der Waals surface area contributed by atoms with Crippen molar-refractivity contribution in [3.8, 4) is 22.5 Å². The average molecular weight is 647 g/mol. The topological polar surface area (TPSA) is 85.2 Å². The van der Waals surface area contributed by atoms with Gasteiger partial charge in [0.2, 0.25) is 5.82 Å². The highest BCUT2D eigenvalue weighted by Gasteiger charge is 2.41. The molecule has 8 heteroatoms. The number of hydrogen-bond acceptors (Lipinski definition) is 7. The Morgan fingerprint density at radius 1 is 0.755 bits per heavy atom. The number of esters is 1. The van der Waals surface area contributed by atoms with Crippen LogP contribution in [0.15, 0.2) is 151 Å². The molecule has 7 rings (SSSR count). The molecule has 2 heterocycles. The highest BCUT2D eigenvalue weighted by atomic mass is 16.5. The van der Waals surface area contributed by atoms with Gasteiger partial charge in [0.15, 0.2) is 5.54 Å². The highest BCUT2D eigenvalue weighted by molar-refractivity contribution is 5.91. The van der Waals surface area contributed by atoms with E-state index in [1.54, 1.807) is 4.80 Å². The van der Waals surface area contributed by atoms with Crippen molar-refractivity contribution in [2.45, 2.75) is 31.8 Å². The van der Waals surface area contributed by atoms with Crippen LogP contribution in [-0.2, 0) is 21.5 Å². The van der Waals surface area contributed by atoms with Crippen molar-refractivity contribution < 1.29 is 9.53 Å². The number of allylic oxidation sites excluding steroid dienone is 1. The molecule has 6 aromatic rings. The molecule has 1 aromatic heterocycles. The van der Waals surface area contributed by atoms with Crippen LogP contribution in [0.4, 0.5) is 0 Å². The molecule has 49 heavy (non-hydrogen) atoms. The Morgan fingerprint density at radius 3 is 1.82 bits per heavy atom. The number of rotatable bonds is 10. The molecule has 0 spiro atoms. The van der Waals surface area contributed by atoms with Gasteiger partial charge in [0.05, 0.1) is 18.7 Å². The number of nitrogens with one attached hydrogen (secondary N) is 1. The Hall–Kier alpha value is -5.86. The molecule has 8 nitrogen and oxygen atoms in total. The molecule has 0 amide bonds. The molecule has 0 saturated carbocycles. The summed E-state index contributed by atoms with van der Waals surface area (Å²) in [6.45, 7) is 4.78. The third kappa shape index (κ3) is 5.81. The lowest BCUT2D eigenvalue weighted by Crippen LogP contribution is -2.39. The predicted octanol–water partition coefficient (Wildman–Crippen LogP) is 7.05. The van der Waals surface area contributed by atoms with E-state index in [1.165, 1.54) is 7.11 Å². The molecule has 1 unspecified atom stereocenters. The number of hydrogen-bond donors (Lipinski definition) is 1. The van der Waals surface area contributed by atoms with Gasteiger partial charge in [0.25, 0.3) is 0 Å². The number of methoxy groups -OCH3 is 1. The predicted molar refractivity (Wildman–Crippen MR) is 191 cm³/mol. The van der Waals surface area contributed by atoms with Gasteiger partial charge in [-0.15, -0.1) is 15.0 Å². The monoisotopic (exact) mass is 646 g/mol. The number of aromatic nitrogens is 4. The van der Waals surface area contributed by atoms with Crippen LogP contribution < -0.4 is 5.43 Å². The molecule has 5 aromatic carbocycles. The molecular weight excluding hydrogens is 608 g/mol. The number of carbonyl (C=O) groups excluding carboxylic acids is 1. The molecule has 1 N–H and O–H groups in total. The maximum absolute atomic E-state index is 12.6. The van der Waals surface area contributed by atoms with Crippen molar-refractivity contribution in [2.75, 3.05) is 13.7 Å². The second-order valence-electron chi connectivity index (χ2n) is 12.1. The van der Waals surface area contributed by atoms with E-state index in [1.807, 2.05) is 84.7 Å². The summed E-state index contributed by atoms with van der Waals surface area (Å²) in [5, 5.41) is 16.6. The molecule has 1 atom stereocenters. The van der Waals surface area contributed by atoms with Crippen molar-refractivity contribution >= 4 is 5.97 Å². The minimum atomic E-state index is -0.859. The van der Waals surface area contributed by atoms with Crippen LogP contribution in [0.5, 0.6) is 0 Å². The fourth-order valence-corrected chi connectivity index (χ4v) is 6.92. The number of ether oxygens (including phenoxy) is 1. The quantitative estimate of drug-likeness (QED) is 0.126. The van der Waals surface area contributed by atoms with Gasteiger partial charge < -0.3 is 9.75 Å². The van der Waals surface area contributed by atoms with Gasteiger partial charge in [-0.2, -0.15) is 0 Å². The maximum atomic E-state index is 12.6. The Kier molecular flexibility index (Phi) is 8.87. The zero-order valence-corrected chi connectivity index (χ0v) is 27.8. The summed E-state index contributed by atoms with van der Waals surface area (Å²) in [4.78, 5) is 14.4. The largest absolute Gasteiger partial charge is 0.466 e. The number of tetrazole rings is 1. The van der Waals surface area contributed by atoms with Crippen LogP contribution in [0.1, 0.15) is 36.1 Å². The van der Waals surface area contributed by atoms with Crippen molar-refractivity contribution in [2.24, 2.45) is 0 Å². The summed E-state index contributed by atoms with van der Waals surface area (Å²) in [5.41, 5.74) is 11.2. The van der Waals surface area contributed by atoms with E-state index in [2.05, 4.69) is 79.1 Å². The van der Waals surface area contributed by atoms with E-state index in [0.29, 0.717) is 17.8 Å². The third-order valence-electron chi connectivity index (χ3n) is 9.23. The first-order chi connectivity index (χ1) is 24.0. The Balaban J connectivity index is 1.28. The Labute approximate surface area is 286 Å². The first-order valence-corrected chi connectivity index (χ1v) is 16.6. The molecule has 0 radical (unpaired) electrons. The minimum Gasteiger partial charge on any atom is -0.466 e. The van der Waals surface area contributed by atoms with E-state index in [-0.39, 0.29) is 12.0 Å².